The fraction of sp³-hybridized carbons (Fsp3) is 0.448. The maximum atomic E-state index is 13.9. The van der Waals surface area contributed by atoms with Crippen molar-refractivity contribution in [2.24, 2.45) is 0 Å². The second-order valence-electron chi connectivity index (χ2n) is 10.6. The fourth-order valence-electron chi connectivity index (χ4n) is 5.05. The van der Waals surface area contributed by atoms with Gasteiger partial charge in [0.25, 0.3) is 11.9 Å². The molecule has 218 valence electrons. The summed E-state index contributed by atoms with van der Waals surface area (Å²) in [4.78, 5) is 32.5. The van der Waals surface area contributed by atoms with E-state index in [2.05, 4.69) is 34.1 Å². The molecule has 10 nitrogen and oxygen atoms in total. The van der Waals surface area contributed by atoms with Crippen molar-refractivity contribution in [2.75, 3.05) is 84.5 Å². The highest BCUT2D eigenvalue weighted by Crippen LogP contribution is 2.31. The van der Waals surface area contributed by atoms with Crippen molar-refractivity contribution in [2.45, 2.75) is 6.42 Å². The van der Waals surface area contributed by atoms with E-state index >= 15 is 0 Å². The van der Waals surface area contributed by atoms with Crippen LogP contribution in [0, 0.1) is 0 Å². The van der Waals surface area contributed by atoms with E-state index in [9.17, 15) is 13.1 Å². The summed E-state index contributed by atoms with van der Waals surface area (Å²) in [6, 6.07) is 16.2. The maximum Gasteiger partial charge on any atom is 1.15 e. The lowest BCUT2D eigenvalue weighted by atomic mass is 10.1. The Labute approximate surface area is 244 Å². The van der Waals surface area contributed by atoms with E-state index in [1.807, 2.05) is 48.2 Å². The van der Waals surface area contributed by atoms with Crippen molar-refractivity contribution in [1.29, 1.82) is 0 Å². The second-order valence-corrected chi connectivity index (χ2v) is 11.6. The molecule has 3 aromatic rings. The highest BCUT2D eigenvalue weighted by atomic mass is 27.3. The van der Waals surface area contributed by atoms with Gasteiger partial charge in [0.1, 0.15) is 17.1 Å². The predicted molar refractivity (Wildman–Crippen MR) is 154 cm³/mol. The van der Waals surface area contributed by atoms with Gasteiger partial charge in [-0.1, -0.05) is 0 Å². The van der Waals surface area contributed by atoms with Gasteiger partial charge in [-0.2, -0.15) is 0 Å². The molecule has 2 aromatic carbocycles. The zero-order valence-corrected chi connectivity index (χ0v) is 24.7. The van der Waals surface area contributed by atoms with Gasteiger partial charge in [0.05, 0.1) is 19.7 Å². The topological polar surface area (TPSA) is 87.9 Å². The lowest BCUT2D eigenvalue weighted by molar-refractivity contribution is -0.142. The van der Waals surface area contributed by atoms with Crippen LogP contribution < -0.4 is 9.64 Å². The number of halogens is 1. The summed E-state index contributed by atoms with van der Waals surface area (Å²) in [7, 11) is 4.03. The van der Waals surface area contributed by atoms with Crippen molar-refractivity contribution in [1.82, 2.24) is 14.7 Å². The molecule has 2 aliphatic rings. The van der Waals surface area contributed by atoms with Gasteiger partial charge in [0.2, 0.25) is 0 Å². The summed E-state index contributed by atoms with van der Waals surface area (Å²) in [6.45, 7) is 5.30. The average Bonchev–Trinajstić information content (AvgIpc) is 3.39. The number of benzene rings is 2. The number of ether oxygens (including phenoxy) is 1. The number of rotatable bonds is 7. The van der Waals surface area contributed by atoms with Gasteiger partial charge in [0.15, 0.2) is 0 Å². The smallest absolute Gasteiger partial charge is 0.558 e. The van der Waals surface area contributed by atoms with Crippen molar-refractivity contribution >= 4 is 43.9 Å². The lowest BCUT2D eigenvalue weighted by Crippen LogP contribution is -2.40. The van der Waals surface area contributed by atoms with Crippen LogP contribution >= 0.6 is 0 Å². The molecule has 0 saturated carbocycles. The van der Waals surface area contributed by atoms with Gasteiger partial charge >= 0.3 is 15.3 Å². The molecule has 12 heteroatoms. The van der Waals surface area contributed by atoms with Gasteiger partial charge < -0.3 is 30.1 Å². The van der Waals surface area contributed by atoms with Crippen LogP contribution in [0.5, 0.6) is 5.75 Å². The van der Waals surface area contributed by atoms with Crippen molar-refractivity contribution in [3.05, 3.63) is 48.5 Å². The first kappa shape index (κ1) is 29.4. The van der Waals surface area contributed by atoms with Crippen LogP contribution in [0.1, 0.15) is 6.42 Å². The van der Waals surface area contributed by atoms with E-state index in [1.54, 1.807) is 0 Å². The zero-order chi connectivity index (χ0) is 28.8. The molecule has 2 aliphatic heterocycles. The van der Waals surface area contributed by atoms with Crippen LogP contribution in [0.15, 0.2) is 52.9 Å². The summed E-state index contributed by atoms with van der Waals surface area (Å²) in [5, 5.41) is 0.987. The second kappa shape index (κ2) is 13.7. The van der Waals surface area contributed by atoms with Crippen molar-refractivity contribution < 1.29 is 29.8 Å². The molecule has 2 saturated heterocycles. The Morgan fingerprint density at radius 3 is 2.15 bits per heavy atom. The number of nitrogens with zero attached hydrogens (tertiary/aromatic N) is 4. The van der Waals surface area contributed by atoms with Gasteiger partial charge in [-0.25, -0.2) is 0 Å². The van der Waals surface area contributed by atoms with E-state index in [-0.39, 0.29) is 13.1 Å². The minimum absolute atomic E-state index is 0.0185. The number of fused-ring (bicyclic) bond motifs is 4. The summed E-state index contributed by atoms with van der Waals surface area (Å²) < 4.78 is 35.4. The number of carbonyl (C=O) groups excluding carboxylic acids is 2. The Bertz CT molecular complexity index is 1300. The standard InChI is InChI=1S/C29H38N4O6.Al.FH/c1-30(2)24-6-4-22(5-7-24)27-19-23-18-25(8-9-26(23)39-27)38-17-3-10-31-11-13-32(20-28(34)35)15-16-33(14-12-31)21-29(36)37;;/h4-9,18-19H,3,10-17,20-21H2,1-2H3,(H,34,35)(H,36,37);;1H/q;+3;/p-3. The number of hydrogen-bond donors (Lipinski definition) is 0. The fourth-order valence-corrected chi connectivity index (χ4v) is 5.66. The van der Waals surface area contributed by atoms with Crippen molar-refractivity contribution in [3.8, 4) is 17.1 Å². The van der Waals surface area contributed by atoms with Gasteiger partial charge in [0, 0.05) is 76.5 Å². The van der Waals surface area contributed by atoms with Gasteiger partial charge in [-0.05, 0) is 55.0 Å². The highest BCUT2D eigenvalue weighted by Gasteiger charge is 2.42. The Morgan fingerprint density at radius 1 is 0.878 bits per heavy atom. The van der Waals surface area contributed by atoms with E-state index in [4.69, 9.17) is 16.7 Å². The number of furan rings is 1. The van der Waals surface area contributed by atoms with Gasteiger partial charge in [-0.3, -0.25) is 19.4 Å². The largest absolute Gasteiger partial charge is 1.15 e. The molecular weight excluding hydrogens is 546 g/mol. The summed E-state index contributed by atoms with van der Waals surface area (Å²) in [6.07, 6.45) is 0.812. The SMILES string of the molecule is CN(C)c1ccc(-c2cc3cc(OCCCN4CCN5CCN(CC4)CC(=O)[O][Al]([F])[O]C(=O)C5)ccc3o2)cc1. The van der Waals surface area contributed by atoms with Crippen LogP contribution in [-0.2, 0) is 17.2 Å². The molecule has 0 amide bonds. The lowest BCUT2D eigenvalue weighted by Gasteiger charge is -2.25. The first-order valence-electron chi connectivity index (χ1n) is 14.0. The summed E-state index contributed by atoms with van der Waals surface area (Å²) in [5.74, 6) is 0.232. The minimum atomic E-state index is -3.79. The Morgan fingerprint density at radius 2 is 1.51 bits per heavy atom. The van der Waals surface area contributed by atoms with E-state index in [1.165, 1.54) is 0 Å². The minimum Gasteiger partial charge on any atom is -0.558 e. The van der Waals surface area contributed by atoms with Crippen LogP contribution in [0.4, 0.5) is 9.21 Å². The third-order valence-corrected chi connectivity index (χ3v) is 8.29. The normalized spacial score (nSPS) is 20.9. The third-order valence-electron chi connectivity index (χ3n) is 7.39. The van der Waals surface area contributed by atoms with Crippen molar-refractivity contribution in [3.63, 3.8) is 0 Å². The van der Waals surface area contributed by atoms with Crippen LogP contribution in [0.3, 0.4) is 0 Å². The average molecular weight is 583 g/mol. The zero-order valence-electron chi connectivity index (χ0n) is 23.6. The van der Waals surface area contributed by atoms with E-state index in [0.29, 0.717) is 32.8 Å². The molecule has 2 bridgehead atoms. The summed E-state index contributed by atoms with van der Waals surface area (Å²) in [5.41, 5.74) is 2.97. The van der Waals surface area contributed by atoms with Crippen LogP contribution in [-0.4, -0.2) is 122 Å². The molecule has 3 heterocycles. The molecule has 2 atom stereocenters. The molecule has 0 aliphatic carbocycles. The Balaban J connectivity index is 1.14. The van der Waals surface area contributed by atoms with Gasteiger partial charge in [-0.15, -0.1) is 0 Å². The monoisotopic (exact) mass is 582 g/mol. The maximum absolute atomic E-state index is 13.9. The molecule has 2 fully saturated rings. The predicted octanol–water partition coefficient (Wildman–Crippen LogP) is 2.91. The molecule has 2 unspecified atom stereocenters. The first-order chi connectivity index (χ1) is 19.8. The molecule has 41 heavy (non-hydrogen) atoms. The molecule has 0 spiro atoms. The van der Waals surface area contributed by atoms with E-state index in [0.717, 1.165) is 59.8 Å². The quantitative estimate of drug-likeness (QED) is 0.306. The number of hydrogen-bond acceptors (Lipinski definition) is 10. The highest BCUT2D eigenvalue weighted by molar-refractivity contribution is 6.41. The molecular formula is C29H36AlFN4O6. The first-order valence-corrected chi connectivity index (χ1v) is 15.3. The molecule has 5 rings (SSSR count). The number of carbonyl (C=O) groups is 2. The Kier molecular flexibility index (Phi) is 9.80. The third kappa shape index (κ3) is 8.21. The molecule has 0 N–H and O–H groups in total. The van der Waals surface area contributed by atoms with Crippen LogP contribution in [0.25, 0.3) is 22.3 Å². The molecule has 1 aromatic heterocycles. The Hall–Kier alpha value is -3.14. The molecule has 0 radical (unpaired) electrons. The summed E-state index contributed by atoms with van der Waals surface area (Å²) >= 11 is -3.79. The van der Waals surface area contributed by atoms with E-state index < -0.39 is 27.2 Å². The van der Waals surface area contributed by atoms with Crippen LogP contribution in [0.2, 0.25) is 0 Å². The number of anilines is 1.